The molecule has 0 bridgehead atoms. The molecule has 0 saturated carbocycles. The molecule has 1 amide bonds. The Hall–Kier alpha value is -2.80. The van der Waals surface area contributed by atoms with E-state index in [2.05, 4.69) is 34.4 Å². The molecule has 4 rings (SSSR count). The van der Waals surface area contributed by atoms with Crippen LogP contribution in [0.4, 0.5) is 10.1 Å². The van der Waals surface area contributed by atoms with E-state index in [4.69, 9.17) is 4.98 Å². The van der Waals surface area contributed by atoms with E-state index in [1.54, 1.807) is 12.1 Å². The summed E-state index contributed by atoms with van der Waals surface area (Å²) in [6.07, 6.45) is 4.98. The number of aromatic nitrogens is 3. The third kappa shape index (κ3) is 4.62. The number of hydrogen-bond acceptors (Lipinski definition) is 4. The van der Waals surface area contributed by atoms with Crippen molar-refractivity contribution >= 4 is 22.6 Å². The van der Waals surface area contributed by atoms with Crippen molar-refractivity contribution in [2.24, 2.45) is 0 Å². The van der Waals surface area contributed by atoms with Crippen LogP contribution in [-0.4, -0.2) is 45.2 Å². The van der Waals surface area contributed by atoms with Crippen LogP contribution in [0.25, 0.3) is 11.0 Å². The van der Waals surface area contributed by atoms with E-state index in [9.17, 15) is 9.18 Å². The molecule has 1 saturated heterocycles. The summed E-state index contributed by atoms with van der Waals surface area (Å²) in [5.41, 5.74) is 2.62. The summed E-state index contributed by atoms with van der Waals surface area (Å²) in [4.78, 5) is 19.5. The minimum atomic E-state index is -0.313. The number of likely N-dealkylation sites (tertiary alicyclic amines) is 1. The molecule has 0 spiro atoms. The van der Waals surface area contributed by atoms with Gasteiger partial charge < -0.3 is 5.32 Å². The van der Waals surface area contributed by atoms with Crippen LogP contribution in [0.15, 0.2) is 42.6 Å². The normalized spacial score (nSPS) is 17.5. The molecule has 1 N–H and O–H groups in total. The molecule has 3 aromatic rings. The van der Waals surface area contributed by atoms with Crippen LogP contribution in [0.2, 0.25) is 0 Å². The molecule has 6 nitrogen and oxygen atoms in total. The highest BCUT2D eigenvalue weighted by Gasteiger charge is 2.24. The van der Waals surface area contributed by atoms with Gasteiger partial charge in [0.1, 0.15) is 5.82 Å². The van der Waals surface area contributed by atoms with Crippen molar-refractivity contribution in [3.05, 3.63) is 54.1 Å². The maximum atomic E-state index is 13.0. The summed E-state index contributed by atoms with van der Waals surface area (Å²) in [6.45, 7) is 5.01. The zero-order chi connectivity index (χ0) is 20.2. The highest BCUT2D eigenvalue weighted by Crippen LogP contribution is 2.27. The minimum Gasteiger partial charge on any atom is -0.325 e. The van der Waals surface area contributed by atoms with E-state index in [1.165, 1.54) is 12.1 Å². The summed E-state index contributed by atoms with van der Waals surface area (Å²) in [5.74, 6) is -0.0925. The summed E-state index contributed by atoms with van der Waals surface area (Å²) in [7, 11) is 0. The van der Waals surface area contributed by atoms with Crippen molar-refractivity contribution in [3.63, 3.8) is 0 Å². The third-order valence-electron chi connectivity index (χ3n) is 5.36. The Morgan fingerprint density at radius 3 is 2.86 bits per heavy atom. The molecule has 7 heteroatoms. The predicted octanol–water partition coefficient (Wildman–Crippen LogP) is 3.80. The second kappa shape index (κ2) is 8.69. The molecule has 152 valence electrons. The van der Waals surface area contributed by atoms with Crippen molar-refractivity contribution in [2.45, 2.75) is 38.6 Å². The molecule has 3 heterocycles. The molecular weight excluding hydrogens is 369 g/mol. The summed E-state index contributed by atoms with van der Waals surface area (Å²) >= 11 is 0. The van der Waals surface area contributed by atoms with Crippen LogP contribution < -0.4 is 5.32 Å². The van der Waals surface area contributed by atoms with Gasteiger partial charge in [-0.25, -0.2) is 14.1 Å². The second-order valence-corrected chi connectivity index (χ2v) is 7.65. The first-order chi connectivity index (χ1) is 14.1. The van der Waals surface area contributed by atoms with Crippen molar-refractivity contribution in [2.75, 3.05) is 25.0 Å². The van der Waals surface area contributed by atoms with Gasteiger partial charge in [-0.3, -0.25) is 9.69 Å². The largest absolute Gasteiger partial charge is 0.325 e. The average Bonchev–Trinajstić information content (AvgIpc) is 3.12. The van der Waals surface area contributed by atoms with E-state index in [1.807, 2.05) is 10.9 Å². The number of aryl methyl sites for hydroxylation is 1. The Bertz CT molecular complexity index is 985. The third-order valence-corrected chi connectivity index (χ3v) is 5.36. The van der Waals surface area contributed by atoms with E-state index >= 15 is 0 Å². The number of amides is 1. The molecule has 0 unspecified atom stereocenters. The second-order valence-electron chi connectivity index (χ2n) is 7.65. The number of carbonyl (C=O) groups excluding carboxylic acids is 1. The smallest absolute Gasteiger partial charge is 0.238 e. The number of rotatable bonds is 6. The predicted molar refractivity (Wildman–Crippen MR) is 111 cm³/mol. The van der Waals surface area contributed by atoms with Gasteiger partial charge in [-0.15, -0.1) is 0 Å². The Morgan fingerprint density at radius 2 is 2.07 bits per heavy atom. The van der Waals surface area contributed by atoms with Crippen LogP contribution >= 0.6 is 0 Å². The number of halogens is 1. The Balaban J connectivity index is 1.41. The number of carbonyl (C=O) groups is 1. The number of nitrogens with one attached hydrogen (secondary N) is 1. The fraction of sp³-hybridized carbons (Fsp3) is 0.409. The number of anilines is 1. The molecule has 29 heavy (non-hydrogen) atoms. The zero-order valence-electron chi connectivity index (χ0n) is 16.6. The number of fused-ring (bicyclic) bond motifs is 1. The maximum Gasteiger partial charge on any atom is 0.238 e. The Morgan fingerprint density at radius 1 is 1.24 bits per heavy atom. The van der Waals surface area contributed by atoms with Crippen LogP contribution in [0.1, 0.15) is 37.8 Å². The van der Waals surface area contributed by atoms with Gasteiger partial charge in [-0.1, -0.05) is 6.92 Å². The summed E-state index contributed by atoms with van der Waals surface area (Å²) in [6, 6.07) is 10.0. The average molecular weight is 395 g/mol. The molecule has 1 aliphatic rings. The lowest BCUT2D eigenvalue weighted by Gasteiger charge is -2.32. The van der Waals surface area contributed by atoms with Gasteiger partial charge in [0.2, 0.25) is 5.91 Å². The number of nitrogens with zero attached hydrogens (tertiary/aromatic N) is 4. The van der Waals surface area contributed by atoms with Gasteiger partial charge in [-0.2, -0.15) is 5.10 Å². The van der Waals surface area contributed by atoms with Crippen LogP contribution in [0, 0.1) is 5.82 Å². The highest BCUT2D eigenvalue weighted by molar-refractivity contribution is 5.92. The number of hydrogen-bond donors (Lipinski definition) is 1. The number of pyridine rings is 1. The summed E-state index contributed by atoms with van der Waals surface area (Å²) in [5, 5.41) is 8.34. The van der Waals surface area contributed by atoms with Gasteiger partial charge in [0, 0.05) is 35.8 Å². The number of benzene rings is 1. The Labute approximate surface area is 169 Å². The van der Waals surface area contributed by atoms with Gasteiger partial charge in [0.25, 0.3) is 0 Å². The van der Waals surface area contributed by atoms with E-state index in [0.717, 1.165) is 55.6 Å². The number of piperidine rings is 1. The molecule has 1 aliphatic heterocycles. The van der Waals surface area contributed by atoms with Crippen LogP contribution in [-0.2, 0) is 11.3 Å². The molecule has 2 aromatic heterocycles. The fourth-order valence-corrected chi connectivity index (χ4v) is 3.95. The van der Waals surface area contributed by atoms with E-state index in [-0.39, 0.29) is 11.7 Å². The highest BCUT2D eigenvalue weighted by atomic mass is 19.1. The topological polar surface area (TPSA) is 63.1 Å². The maximum absolute atomic E-state index is 13.0. The quantitative estimate of drug-likeness (QED) is 0.690. The lowest BCUT2D eigenvalue weighted by atomic mass is 9.94. The van der Waals surface area contributed by atoms with Crippen molar-refractivity contribution in [3.8, 4) is 0 Å². The van der Waals surface area contributed by atoms with Gasteiger partial charge in [-0.05, 0) is 62.2 Å². The van der Waals surface area contributed by atoms with Crippen molar-refractivity contribution < 1.29 is 9.18 Å². The van der Waals surface area contributed by atoms with Gasteiger partial charge in [0.05, 0.1) is 12.7 Å². The Kier molecular flexibility index (Phi) is 5.85. The molecule has 0 radical (unpaired) electrons. The first-order valence-corrected chi connectivity index (χ1v) is 10.2. The molecule has 1 atom stereocenters. The van der Waals surface area contributed by atoms with Gasteiger partial charge >= 0.3 is 0 Å². The van der Waals surface area contributed by atoms with Gasteiger partial charge in [0.15, 0.2) is 5.65 Å². The molecule has 0 aliphatic carbocycles. The van der Waals surface area contributed by atoms with Crippen molar-refractivity contribution in [1.82, 2.24) is 19.7 Å². The van der Waals surface area contributed by atoms with E-state index in [0.29, 0.717) is 18.2 Å². The standard InChI is InChI=1S/C22H26FN5O/c1-2-11-28-22-16(13-24-28)5-10-20(26-22)17-4-3-12-27(14-17)15-21(29)25-19-8-6-18(23)7-9-19/h5-10,13,17H,2-4,11-12,14-15H2,1H3,(H,25,29)/t17-/m0/s1. The SMILES string of the molecule is CCCn1ncc2ccc([C@H]3CCCN(CC(=O)Nc4ccc(F)cc4)C3)nc21. The zero-order valence-corrected chi connectivity index (χ0v) is 16.6. The molecule has 1 fully saturated rings. The lowest BCUT2D eigenvalue weighted by molar-refractivity contribution is -0.117. The minimum absolute atomic E-state index is 0.0818. The summed E-state index contributed by atoms with van der Waals surface area (Å²) < 4.78 is 15.0. The van der Waals surface area contributed by atoms with Crippen LogP contribution in [0.5, 0.6) is 0 Å². The molecule has 1 aromatic carbocycles. The molecular formula is C22H26FN5O. The van der Waals surface area contributed by atoms with Crippen LogP contribution in [0.3, 0.4) is 0 Å². The fourth-order valence-electron chi connectivity index (χ4n) is 3.95. The monoisotopic (exact) mass is 395 g/mol. The van der Waals surface area contributed by atoms with E-state index < -0.39 is 0 Å². The first-order valence-electron chi connectivity index (χ1n) is 10.2. The lowest BCUT2D eigenvalue weighted by Crippen LogP contribution is -2.40. The van der Waals surface area contributed by atoms with Crippen molar-refractivity contribution in [1.29, 1.82) is 0 Å². The first kappa shape index (κ1) is 19.5.